The highest BCUT2D eigenvalue weighted by atomic mass is 32.2. The predicted molar refractivity (Wildman–Crippen MR) is 118 cm³/mol. The Labute approximate surface area is 195 Å². The second-order valence-electron chi connectivity index (χ2n) is 7.55. The van der Waals surface area contributed by atoms with Crippen LogP contribution < -0.4 is 10.1 Å². The van der Waals surface area contributed by atoms with Crippen molar-refractivity contribution < 1.29 is 35.9 Å². The maximum atomic E-state index is 12.7. The van der Waals surface area contributed by atoms with Gasteiger partial charge in [0, 0.05) is 39.0 Å². The first-order valence-corrected chi connectivity index (χ1v) is 11.9. The van der Waals surface area contributed by atoms with E-state index >= 15 is 0 Å². The zero-order valence-electron chi connectivity index (χ0n) is 18.1. The maximum absolute atomic E-state index is 12.7. The van der Waals surface area contributed by atoms with E-state index in [1.54, 1.807) is 18.2 Å². The summed E-state index contributed by atoms with van der Waals surface area (Å²) in [6.45, 7) is -0.830. The Bertz CT molecular complexity index is 1100. The first-order valence-electron chi connectivity index (χ1n) is 10.5. The number of piperazine rings is 1. The number of anilines is 1. The monoisotopic (exact) mass is 499 g/mol. The molecule has 1 aliphatic heterocycles. The van der Waals surface area contributed by atoms with Crippen molar-refractivity contribution in [2.45, 2.75) is 23.9 Å². The van der Waals surface area contributed by atoms with E-state index in [1.807, 2.05) is 0 Å². The summed E-state index contributed by atoms with van der Waals surface area (Å²) in [7, 11) is -3.64. The normalized spacial score (nSPS) is 15.1. The van der Waals surface area contributed by atoms with Gasteiger partial charge in [0.15, 0.2) is 6.61 Å². The van der Waals surface area contributed by atoms with E-state index in [4.69, 9.17) is 4.74 Å². The standard InChI is InChI=1S/C22H24F3N3O5S/c23-22(24,25)16-33-19-9-5-4-8-18(19)26-20(29)10-11-21(30)27-12-14-28(15-13-27)34(31,32)17-6-2-1-3-7-17/h1-9H,10-16H2,(H,26,29). The molecule has 8 nitrogen and oxygen atoms in total. The predicted octanol–water partition coefficient (Wildman–Crippen LogP) is 2.88. The fourth-order valence-electron chi connectivity index (χ4n) is 3.37. The second-order valence-corrected chi connectivity index (χ2v) is 9.48. The van der Waals surface area contributed by atoms with Crippen LogP contribution in [-0.2, 0) is 19.6 Å². The van der Waals surface area contributed by atoms with Gasteiger partial charge in [-0.05, 0) is 24.3 Å². The van der Waals surface area contributed by atoms with Gasteiger partial charge in [-0.3, -0.25) is 9.59 Å². The summed E-state index contributed by atoms with van der Waals surface area (Å²) >= 11 is 0. The molecule has 1 fully saturated rings. The molecule has 0 atom stereocenters. The fourth-order valence-corrected chi connectivity index (χ4v) is 4.81. The van der Waals surface area contributed by atoms with Gasteiger partial charge in [-0.1, -0.05) is 30.3 Å². The number of halogens is 3. The average molecular weight is 500 g/mol. The molecule has 2 aromatic rings. The number of para-hydroxylation sites is 2. The van der Waals surface area contributed by atoms with Crippen LogP contribution in [0.15, 0.2) is 59.5 Å². The smallest absolute Gasteiger partial charge is 0.422 e. The van der Waals surface area contributed by atoms with Gasteiger partial charge >= 0.3 is 6.18 Å². The van der Waals surface area contributed by atoms with Crippen LogP contribution in [0.25, 0.3) is 0 Å². The van der Waals surface area contributed by atoms with E-state index in [2.05, 4.69) is 5.32 Å². The summed E-state index contributed by atoms with van der Waals surface area (Å²) in [6.07, 6.45) is -4.83. The Morgan fingerprint density at radius 1 is 0.912 bits per heavy atom. The molecule has 1 N–H and O–H groups in total. The van der Waals surface area contributed by atoms with Gasteiger partial charge < -0.3 is 15.0 Å². The van der Waals surface area contributed by atoms with Crippen LogP contribution >= 0.6 is 0 Å². The van der Waals surface area contributed by atoms with E-state index in [0.29, 0.717) is 0 Å². The highest BCUT2D eigenvalue weighted by Crippen LogP contribution is 2.26. The first kappa shape index (κ1) is 25.5. The minimum absolute atomic E-state index is 0.0731. The summed E-state index contributed by atoms with van der Waals surface area (Å²) in [5.41, 5.74) is 0.0731. The molecule has 12 heteroatoms. The summed E-state index contributed by atoms with van der Waals surface area (Å²) in [5.74, 6) is -0.995. The van der Waals surface area contributed by atoms with Gasteiger partial charge in [-0.25, -0.2) is 8.42 Å². The van der Waals surface area contributed by atoms with Crippen LogP contribution in [0, 0.1) is 0 Å². The molecule has 2 aromatic carbocycles. The minimum Gasteiger partial charge on any atom is -0.482 e. The molecular formula is C22H24F3N3O5S. The Morgan fingerprint density at radius 3 is 2.18 bits per heavy atom. The third kappa shape index (κ3) is 6.94. The number of sulfonamides is 1. The van der Waals surface area contributed by atoms with Gasteiger partial charge in [0.25, 0.3) is 0 Å². The van der Waals surface area contributed by atoms with Crippen molar-refractivity contribution in [1.29, 1.82) is 0 Å². The molecule has 184 valence electrons. The summed E-state index contributed by atoms with van der Waals surface area (Å²) < 4.78 is 68.6. The fraction of sp³-hybridized carbons (Fsp3) is 0.364. The number of ether oxygens (including phenoxy) is 1. The maximum Gasteiger partial charge on any atom is 0.422 e. The molecule has 0 bridgehead atoms. The van der Waals surface area contributed by atoms with E-state index < -0.39 is 28.7 Å². The number of alkyl halides is 3. The molecule has 0 aliphatic carbocycles. The number of hydrogen-bond acceptors (Lipinski definition) is 5. The largest absolute Gasteiger partial charge is 0.482 e. The molecule has 0 aromatic heterocycles. The van der Waals surface area contributed by atoms with Crippen LogP contribution in [-0.4, -0.2) is 68.4 Å². The Balaban J connectivity index is 1.47. The van der Waals surface area contributed by atoms with Crippen molar-refractivity contribution in [3.05, 3.63) is 54.6 Å². The van der Waals surface area contributed by atoms with Crippen molar-refractivity contribution in [2.75, 3.05) is 38.1 Å². The lowest BCUT2D eigenvalue weighted by molar-refractivity contribution is -0.153. The third-order valence-electron chi connectivity index (χ3n) is 5.09. The van der Waals surface area contributed by atoms with E-state index in [-0.39, 0.29) is 61.3 Å². The number of amides is 2. The van der Waals surface area contributed by atoms with Crippen molar-refractivity contribution >= 4 is 27.5 Å². The van der Waals surface area contributed by atoms with Crippen LogP contribution in [0.2, 0.25) is 0 Å². The first-order chi connectivity index (χ1) is 16.1. The molecule has 34 heavy (non-hydrogen) atoms. The Kier molecular flexibility index (Phi) is 8.15. The molecule has 3 rings (SSSR count). The van der Waals surface area contributed by atoms with Crippen molar-refractivity contribution in [3.63, 3.8) is 0 Å². The van der Waals surface area contributed by atoms with Crippen molar-refractivity contribution in [3.8, 4) is 5.75 Å². The Hall–Kier alpha value is -3.12. The molecule has 1 aliphatic rings. The summed E-state index contributed by atoms with van der Waals surface area (Å²) in [4.78, 5) is 26.4. The van der Waals surface area contributed by atoms with Crippen LogP contribution in [0.4, 0.5) is 18.9 Å². The SMILES string of the molecule is O=C(CCC(=O)N1CCN(S(=O)(=O)c2ccccc2)CC1)Nc1ccccc1OCC(F)(F)F. The summed E-state index contributed by atoms with van der Waals surface area (Å²) in [5, 5.41) is 2.46. The lowest BCUT2D eigenvalue weighted by atomic mass is 10.2. The van der Waals surface area contributed by atoms with Gasteiger partial charge in [0.1, 0.15) is 5.75 Å². The van der Waals surface area contributed by atoms with E-state index in [1.165, 1.54) is 45.6 Å². The van der Waals surface area contributed by atoms with E-state index in [0.717, 1.165) is 0 Å². The van der Waals surface area contributed by atoms with Gasteiger partial charge in [-0.15, -0.1) is 0 Å². The van der Waals surface area contributed by atoms with Crippen LogP contribution in [0.1, 0.15) is 12.8 Å². The van der Waals surface area contributed by atoms with Crippen molar-refractivity contribution in [1.82, 2.24) is 9.21 Å². The topological polar surface area (TPSA) is 96.0 Å². The average Bonchev–Trinajstić information content (AvgIpc) is 2.82. The van der Waals surface area contributed by atoms with Gasteiger partial charge in [-0.2, -0.15) is 17.5 Å². The molecule has 1 heterocycles. The zero-order valence-corrected chi connectivity index (χ0v) is 18.9. The molecular weight excluding hydrogens is 475 g/mol. The number of carbonyl (C=O) groups excluding carboxylic acids is 2. The quantitative estimate of drug-likeness (QED) is 0.603. The molecule has 0 radical (unpaired) electrons. The lowest BCUT2D eigenvalue weighted by Gasteiger charge is -2.34. The van der Waals surface area contributed by atoms with Gasteiger partial charge in [0.2, 0.25) is 21.8 Å². The highest BCUT2D eigenvalue weighted by molar-refractivity contribution is 7.89. The van der Waals surface area contributed by atoms with Crippen LogP contribution in [0.3, 0.4) is 0 Å². The third-order valence-corrected chi connectivity index (χ3v) is 7.00. The number of rotatable bonds is 8. The second kappa shape index (κ2) is 10.9. The van der Waals surface area contributed by atoms with Gasteiger partial charge in [0.05, 0.1) is 10.6 Å². The van der Waals surface area contributed by atoms with Crippen LogP contribution in [0.5, 0.6) is 5.75 Å². The zero-order chi connectivity index (χ0) is 24.8. The van der Waals surface area contributed by atoms with Crippen molar-refractivity contribution in [2.24, 2.45) is 0 Å². The Morgan fingerprint density at radius 2 is 1.53 bits per heavy atom. The highest BCUT2D eigenvalue weighted by Gasteiger charge is 2.30. The lowest BCUT2D eigenvalue weighted by Crippen LogP contribution is -2.50. The number of nitrogens with one attached hydrogen (secondary N) is 1. The van der Waals surface area contributed by atoms with E-state index in [9.17, 15) is 31.2 Å². The minimum atomic E-state index is -4.52. The molecule has 0 saturated carbocycles. The number of benzene rings is 2. The molecule has 1 saturated heterocycles. The molecule has 2 amide bonds. The molecule has 0 spiro atoms. The number of hydrogen-bond donors (Lipinski definition) is 1. The summed E-state index contributed by atoms with van der Waals surface area (Å²) in [6, 6.07) is 13.7. The number of nitrogens with zero attached hydrogens (tertiary/aromatic N) is 2. The number of carbonyl (C=O) groups is 2. The molecule has 0 unspecified atom stereocenters.